The van der Waals surface area contributed by atoms with Crippen LogP contribution >= 0.6 is 0 Å². The van der Waals surface area contributed by atoms with Crippen molar-refractivity contribution < 1.29 is 22.7 Å². The molecule has 0 fully saturated rings. The second kappa shape index (κ2) is 8.13. The average Bonchev–Trinajstić information content (AvgIpc) is 2.25. The first kappa shape index (κ1) is 16.0. The summed E-state index contributed by atoms with van der Waals surface area (Å²) in [5, 5.41) is 1.81. The number of hydrogen-bond donors (Lipinski definition) is 2. The molecule has 5 nitrogen and oxygen atoms in total. The van der Waals surface area contributed by atoms with E-state index < -0.39 is 18.8 Å². The molecule has 0 spiro atoms. The van der Waals surface area contributed by atoms with Crippen LogP contribution in [0.5, 0.6) is 0 Å². The Bertz CT molecular complexity index is 216. The Balaban J connectivity index is 4.11. The maximum absolute atomic E-state index is 11.9. The van der Waals surface area contributed by atoms with Gasteiger partial charge in [-0.25, -0.2) is 4.79 Å². The molecule has 0 atom stereocenters. The third kappa shape index (κ3) is 8.75. The molecule has 0 rings (SSSR count). The molecule has 17 heavy (non-hydrogen) atoms. The molecule has 0 aromatic rings. The summed E-state index contributed by atoms with van der Waals surface area (Å²) in [5.74, 6) is 0. The van der Waals surface area contributed by atoms with E-state index in [1.54, 1.807) is 5.32 Å². The topological polar surface area (TPSA) is 67.6 Å². The number of rotatable bonds is 7. The van der Waals surface area contributed by atoms with Crippen LogP contribution in [0, 0.1) is 0 Å². The van der Waals surface area contributed by atoms with E-state index in [9.17, 15) is 18.0 Å². The van der Waals surface area contributed by atoms with Gasteiger partial charge in [-0.2, -0.15) is 13.2 Å². The third-order valence-corrected chi connectivity index (χ3v) is 1.92. The van der Waals surface area contributed by atoms with Crippen LogP contribution in [0.3, 0.4) is 0 Å². The fourth-order valence-electron chi connectivity index (χ4n) is 1.09. The Morgan fingerprint density at radius 1 is 1.41 bits per heavy atom. The molecule has 3 N–H and O–H groups in total. The molecule has 0 aromatic heterocycles. The van der Waals surface area contributed by atoms with E-state index in [1.165, 1.54) is 12.0 Å². The van der Waals surface area contributed by atoms with Crippen molar-refractivity contribution in [2.24, 2.45) is 5.73 Å². The van der Waals surface area contributed by atoms with Crippen LogP contribution in [0.15, 0.2) is 0 Å². The fraction of sp³-hybridized carbons (Fsp3) is 0.889. The van der Waals surface area contributed by atoms with Crippen molar-refractivity contribution in [3.63, 3.8) is 0 Å². The molecule has 0 aliphatic rings. The van der Waals surface area contributed by atoms with E-state index in [0.29, 0.717) is 19.5 Å². The van der Waals surface area contributed by atoms with Crippen molar-refractivity contribution in [3.05, 3.63) is 0 Å². The van der Waals surface area contributed by atoms with Crippen molar-refractivity contribution in [1.82, 2.24) is 10.2 Å². The highest BCUT2D eigenvalue weighted by Crippen LogP contribution is 2.12. The smallest absolute Gasteiger partial charge is 0.383 e. The lowest BCUT2D eigenvalue weighted by molar-refractivity contribution is -0.123. The summed E-state index contributed by atoms with van der Waals surface area (Å²) in [4.78, 5) is 12.7. The Hall–Kier alpha value is -1.02. The quantitative estimate of drug-likeness (QED) is 0.700. The minimum Gasteiger partial charge on any atom is -0.383 e. The van der Waals surface area contributed by atoms with Crippen molar-refractivity contribution in [3.8, 4) is 0 Å². The van der Waals surface area contributed by atoms with E-state index in [4.69, 9.17) is 10.5 Å². The Morgan fingerprint density at radius 3 is 2.53 bits per heavy atom. The molecule has 0 aliphatic carbocycles. The molecule has 0 aromatic carbocycles. The van der Waals surface area contributed by atoms with Crippen LogP contribution in [0.4, 0.5) is 18.0 Å². The maximum Gasteiger partial charge on any atom is 0.405 e. The minimum absolute atomic E-state index is 0.236. The van der Waals surface area contributed by atoms with Gasteiger partial charge in [0.2, 0.25) is 0 Å². The monoisotopic (exact) mass is 257 g/mol. The predicted molar refractivity (Wildman–Crippen MR) is 56.6 cm³/mol. The third-order valence-electron chi connectivity index (χ3n) is 1.92. The number of amides is 2. The molecule has 0 bridgehead atoms. The SMILES string of the molecule is COCCN(CCCN)C(=O)NCC(F)(F)F. The van der Waals surface area contributed by atoms with Gasteiger partial charge in [-0.1, -0.05) is 0 Å². The largest absolute Gasteiger partial charge is 0.405 e. The van der Waals surface area contributed by atoms with E-state index in [2.05, 4.69) is 0 Å². The summed E-state index contributed by atoms with van der Waals surface area (Å²) in [6, 6.07) is -0.757. The first-order chi connectivity index (χ1) is 7.90. The Morgan fingerprint density at radius 2 is 2.06 bits per heavy atom. The summed E-state index contributed by atoms with van der Waals surface area (Å²) < 4.78 is 40.5. The van der Waals surface area contributed by atoms with Crippen molar-refractivity contribution >= 4 is 6.03 Å². The summed E-state index contributed by atoms with van der Waals surface area (Å²) in [5.41, 5.74) is 5.28. The first-order valence-electron chi connectivity index (χ1n) is 5.19. The van der Waals surface area contributed by atoms with Gasteiger partial charge in [0.05, 0.1) is 6.61 Å². The number of ether oxygens (including phenoxy) is 1. The summed E-state index contributed by atoms with van der Waals surface area (Å²) in [6.45, 7) is -0.151. The van der Waals surface area contributed by atoms with Gasteiger partial charge in [-0.3, -0.25) is 0 Å². The Labute approximate surface area is 98.1 Å². The van der Waals surface area contributed by atoms with Crippen molar-refractivity contribution in [1.29, 1.82) is 0 Å². The van der Waals surface area contributed by atoms with Gasteiger partial charge in [-0.15, -0.1) is 0 Å². The lowest BCUT2D eigenvalue weighted by Crippen LogP contribution is -2.45. The number of alkyl halides is 3. The van der Waals surface area contributed by atoms with Crippen LogP contribution in [-0.4, -0.2) is 57.0 Å². The second-order valence-corrected chi connectivity index (χ2v) is 3.40. The lowest BCUT2D eigenvalue weighted by Gasteiger charge is -2.22. The van der Waals surface area contributed by atoms with Crippen LogP contribution < -0.4 is 11.1 Å². The Kier molecular flexibility index (Phi) is 7.64. The van der Waals surface area contributed by atoms with E-state index in [1.807, 2.05) is 0 Å². The van der Waals surface area contributed by atoms with Gasteiger partial charge < -0.3 is 20.7 Å². The highest BCUT2D eigenvalue weighted by Gasteiger charge is 2.28. The summed E-state index contributed by atoms with van der Waals surface area (Å²) in [6.07, 6.45) is -3.88. The van der Waals surface area contributed by atoms with Gasteiger partial charge in [0.15, 0.2) is 0 Å². The number of urea groups is 1. The van der Waals surface area contributed by atoms with E-state index >= 15 is 0 Å². The number of hydrogen-bond acceptors (Lipinski definition) is 3. The molecule has 0 unspecified atom stereocenters. The van der Waals surface area contributed by atoms with Crippen LogP contribution in [-0.2, 0) is 4.74 Å². The summed E-state index contributed by atoms with van der Waals surface area (Å²) >= 11 is 0. The molecule has 0 aliphatic heterocycles. The zero-order chi connectivity index (χ0) is 13.3. The number of carbonyl (C=O) groups is 1. The molecular formula is C9H18F3N3O2. The van der Waals surface area contributed by atoms with Crippen LogP contribution in [0.25, 0.3) is 0 Å². The standard InChI is InChI=1S/C9H18F3N3O2/c1-17-6-5-15(4-2-3-13)8(16)14-7-9(10,11)12/h2-7,13H2,1H3,(H,14,16). The molecule has 0 radical (unpaired) electrons. The predicted octanol–water partition coefficient (Wildman–Crippen LogP) is 0.556. The second-order valence-electron chi connectivity index (χ2n) is 3.40. The van der Waals surface area contributed by atoms with Crippen LogP contribution in [0.1, 0.15) is 6.42 Å². The lowest BCUT2D eigenvalue weighted by atomic mass is 10.4. The average molecular weight is 257 g/mol. The number of nitrogens with one attached hydrogen (secondary N) is 1. The van der Waals surface area contributed by atoms with E-state index in [0.717, 1.165) is 0 Å². The first-order valence-corrected chi connectivity index (χ1v) is 5.19. The maximum atomic E-state index is 11.9. The fourth-order valence-corrected chi connectivity index (χ4v) is 1.09. The number of halogens is 3. The highest BCUT2D eigenvalue weighted by molar-refractivity contribution is 5.74. The molecule has 0 heterocycles. The minimum atomic E-state index is -4.41. The van der Waals surface area contributed by atoms with Gasteiger partial charge >= 0.3 is 12.2 Å². The number of methoxy groups -OCH3 is 1. The highest BCUT2D eigenvalue weighted by atomic mass is 19.4. The number of carbonyl (C=O) groups excluding carboxylic acids is 1. The number of nitrogens with two attached hydrogens (primary N) is 1. The van der Waals surface area contributed by atoms with Gasteiger partial charge in [0, 0.05) is 20.2 Å². The van der Waals surface area contributed by atoms with Crippen molar-refractivity contribution in [2.45, 2.75) is 12.6 Å². The van der Waals surface area contributed by atoms with Gasteiger partial charge in [0.25, 0.3) is 0 Å². The number of nitrogens with zero attached hydrogens (tertiary/aromatic N) is 1. The molecule has 0 saturated heterocycles. The normalized spacial score (nSPS) is 11.4. The van der Waals surface area contributed by atoms with Crippen molar-refractivity contribution in [2.75, 3.05) is 39.9 Å². The zero-order valence-electron chi connectivity index (χ0n) is 9.72. The molecule has 8 heteroatoms. The molecule has 0 saturated carbocycles. The van der Waals surface area contributed by atoms with Crippen LogP contribution in [0.2, 0.25) is 0 Å². The molecule has 102 valence electrons. The zero-order valence-corrected chi connectivity index (χ0v) is 9.72. The van der Waals surface area contributed by atoms with E-state index in [-0.39, 0.29) is 13.2 Å². The van der Waals surface area contributed by atoms with Gasteiger partial charge in [-0.05, 0) is 13.0 Å². The molecular weight excluding hydrogens is 239 g/mol. The van der Waals surface area contributed by atoms with Gasteiger partial charge in [0.1, 0.15) is 6.54 Å². The summed E-state index contributed by atoms with van der Waals surface area (Å²) in [7, 11) is 1.45. The molecule has 2 amide bonds.